The van der Waals surface area contributed by atoms with Crippen LogP contribution in [-0.2, 0) is 19.1 Å². The molecule has 0 amide bonds. The monoisotopic (exact) mass is 426 g/mol. The van der Waals surface area contributed by atoms with Gasteiger partial charge in [0.15, 0.2) is 5.76 Å². The highest BCUT2D eigenvalue weighted by atomic mass is 35.5. The molecule has 0 spiro atoms. The highest BCUT2D eigenvalue weighted by Gasteiger charge is 2.38. The van der Waals surface area contributed by atoms with Gasteiger partial charge in [-0.3, -0.25) is 4.79 Å². The number of aromatic nitrogens is 1. The quantitative estimate of drug-likeness (QED) is 0.469. The molecule has 1 aromatic carbocycles. The molecule has 8 nitrogen and oxygen atoms in total. The van der Waals surface area contributed by atoms with Gasteiger partial charge in [0.1, 0.15) is 23.0 Å². The number of esters is 2. The molecule has 2 aromatic rings. The van der Waals surface area contributed by atoms with Crippen LogP contribution in [-0.4, -0.2) is 62.1 Å². The fourth-order valence-electron chi connectivity index (χ4n) is 2.73. The highest BCUT2D eigenvalue weighted by Crippen LogP contribution is 2.36. The first-order chi connectivity index (χ1) is 13.7. The summed E-state index contributed by atoms with van der Waals surface area (Å²) in [6.07, 6.45) is 0. The smallest absolute Gasteiger partial charge is 0.375 e. The maximum atomic E-state index is 14.4. The van der Waals surface area contributed by atoms with Gasteiger partial charge in [-0.2, -0.15) is 0 Å². The molecule has 0 radical (unpaired) electrons. The average Bonchev–Trinajstić information content (AvgIpc) is 3.09. The number of Topliss-reactive ketones (excluding diaryl/α,β-unsaturated/α-hetero) is 1. The number of ether oxygens (including phenoxy) is 2. The van der Waals surface area contributed by atoms with E-state index in [4.69, 9.17) is 25.6 Å². The third-order valence-electron chi connectivity index (χ3n) is 3.96. The van der Waals surface area contributed by atoms with Gasteiger partial charge in [-0.1, -0.05) is 22.8 Å². The summed E-state index contributed by atoms with van der Waals surface area (Å²) in [5.41, 5.74) is -0.698. The summed E-state index contributed by atoms with van der Waals surface area (Å²) in [4.78, 5) is 38.8. The molecule has 29 heavy (non-hydrogen) atoms. The lowest BCUT2D eigenvalue weighted by Crippen LogP contribution is -2.32. The van der Waals surface area contributed by atoms with Crippen molar-refractivity contribution in [3.8, 4) is 11.3 Å². The Labute approximate surface area is 171 Å². The van der Waals surface area contributed by atoms with E-state index in [-0.39, 0.29) is 40.8 Å². The summed E-state index contributed by atoms with van der Waals surface area (Å²) >= 11 is 6.09. The number of methoxy groups -OCH3 is 1. The minimum atomic E-state index is -1.23. The first-order valence-corrected chi connectivity index (χ1v) is 8.98. The number of benzene rings is 1. The van der Waals surface area contributed by atoms with Crippen LogP contribution < -0.4 is 0 Å². The van der Waals surface area contributed by atoms with Crippen LogP contribution in [0.25, 0.3) is 11.3 Å². The Morgan fingerprint density at radius 3 is 2.55 bits per heavy atom. The van der Waals surface area contributed by atoms with Gasteiger partial charge in [0, 0.05) is 6.54 Å². The van der Waals surface area contributed by atoms with Crippen molar-refractivity contribution in [1.29, 1.82) is 0 Å². The number of likely N-dealkylation sites (N-methyl/N-ethyl adjacent to an activating group) is 1. The molecule has 0 saturated heterocycles. The third kappa shape index (κ3) is 4.80. The Hall–Kier alpha value is -2.78. The molecular weight excluding hydrogens is 407 g/mol. The normalized spacial score (nSPS) is 12.0. The molecule has 1 heterocycles. The summed E-state index contributed by atoms with van der Waals surface area (Å²) in [5.74, 6) is -5.16. The molecule has 0 aliphatic heterocycles. The van der Waals surface area contributed by atoms with Crippen molar-refractivity contribution in [3.05, 3.63) is 40.4 Å². The van der Waals surface area contributed by atoms with Crippen LogP contribution in [0.15, 0.2) is 22.7 Å². The molecule has 0 N–H and O–H groups in total. The Morgan fingerprint density at radius 1 is 1.31 bits per heavy atom. The van der Waals surface area contributed by atoms with Gasteiger partial charge in [0.2, 0.25) is 0 Å². The van der Waals surface area contributed by atoms with Crippen molar-refractivity contribution in [1.82, 2.24) is 10.1 Å². The van der Waals surface area contributed by atoms with Gasteiger partial charge < -0.3 is 18.9 Å². The molecule has 156 valence electrons. The van der Waals surface area contributed by atoms with Gasteiger partial charge >= 0.3 is 11.9 Å². The summed E-state index contributed by atoms with van der Waals surface area (Å²) in [6, 6.07) is 3.94. The van der Waals surface area contributed by atoms with Gasteiger partial charge in [0.05, 0.1) is 24.3 Å². The van der Waals surface area contributed by atoms with E-state index >= 15 is 0 Å². The van der Waals surface area contributed by atoms with Crippen LogP contribution in [0, 0.1) is 5.82 Å². The van der Waals surface area contributed by atoms with Crippen LogP contribution in [0.5, 0.6) is 0 Å². The second-order valence-corrected chi connectivity index (χ2v) is 6.67. The van der Waals surface area contributed by atoms with Gasteiger partial charge in [-0.25, -0.2) is 14.0 Å². The molecular formula is C19H20ClFN2O6. The molecule has 10 heteroatoms. The predicted molar refractivity (Wildman–Crippen MR) is 101 cm³/mol. The van der Waals surface area contributed by atoms with E-state index in [9.17, 15) is 18.8 Å². The Bertz CT molecular complexity index is 907. The topological polar surface area (TPSA) is 98.9 Å². The third-order valence-corrected chi connectivity index (χ3v) is 4.28. The first-order valence-electron chi connectivity index (χ1n) is 8.60. The van der Waals surface area contributed by atoms with E-state index in [0.29, 0.717) is 0 Å². The molecule has 2 rings (SSSR count). The molecule has 0 bridgehead atoms. The Kier molecular flexibility index (Phi) is 7.46. The molecule has 1 aromatic heterocycles. The van der Waals surface area contributed by atoms with E-state index < -0.39 is 29.5 Å². The maximum Gasteiger partial charge on any atom is 0.375 e. The molecule has 0 saturated carbocycles. The van der Waals surface area contributed by atoms with Crippen molar-refractivity contribution in [2.75, 3.05) is 34.4 Å². The number of ketones is 1. The van der Waals surface area contributed by atoms with Gasteiger partial charge in [-0.15, -0.1) is 0 Å². The number of nitrogens with zero attached hydrogens (tertiary/aromatic N) is 2. The van der Waals surface area contributed by atoms with Crippen LogP contribution in [0.2, 0.25) is 5.02 Å². The van der Waals surface area contributed by atoms with E-state index in [1.54, 1.807) is 25.9 Å². The number of hydrogen-bond donors (Lipinski definition) is 0. The first kappa shape index (κ1) is 22.5. The molecule has 1 atom stereocenters. The lowest BCUT2D eigenvalue weighted by Gasteiger charge is -2.17. The van der Waals surface area contributed by atoms with Crippen LogP contribution in [0.4, 0.5) is 4.39 Å². The summed E-state index contributed by atoms with van der Waals surface area (Å²) < 4.78 is 29.2. The molecule has 0 fully saturated rings. The Morgan fingerprint density at radius 2 is 2.00 bits per heavy atom. The highest BCUT2D eigenvalue weighted by molar-refractivity contribution is 6.36. The van der Waals surface area contributed by atoms with Crippen LogP contribution in [0.3, 0.4) is 0 Å². The molecule has 0 aliphatic rings. The van der Waals surface area contributed by atoms with Crippen LogP contribution in [0.1, 0.15) is 29.0 Å². The summed E-state index contributed by atoms with van der Waals surface area (Å²) in [6.45, 7) is 1.55. The van der Waals surface area contributed by atoms with Gasteiger partial charge in [-0.05, 0) is 33.2 Å². The van der Waals surface area contributed by atoms with Crippen molar-refractivity contribution in [3.63, 3.8) is 0 Å². The number of carbonyl (C=O) groups is 3. The summed E-state index contributed by atoms with van der Waals surface area (Å²) in [5, 5.41) is 3.75. The van der Waals surface area contributed by atoms with Crippen LogP contribution >= 0.6 is 11.6 Å². The minimum absolute atomic E-state index is 0.00127. The van der Waals surface area contributed by atoms with Crippen molar-refractivity contribution < 1.29 is 32.8 Å². The van der Waals surface area contributed by atoms with E-state index in [2.05, 4.69) is 5.16 Å². The average molecular weight is 427 g/mol. The number of carbonyl (C=O) groups excluding carboxylic acids is 3. The second kappa shape index (κ2) is 9.62. The zero-order chi connectivity index (χ0) is 21.7. The van der Waals surface area contributed by atoms with E-state index in [1.165, 1.54) is 12.1 Å². The van der Waals surface area contributed by atoms with E-state index in [0.717, 1.165) is 13.2 Å². The van der Waals surface area contributed by atoms with Crippen molar-refractivity contribution >= 4 is 29.3 Å². The zero-order valence-electron chi connectivity index (χ0n) is 16.3. The fourth-order valence-corrected chi connectivity index (χ4v) is 2.98. The lowest BCUT2D eigenvalue weighted by molar-refractivity contribution is -0.154. The maximum absolute atomic E-state index is 14.4. The zero-order valence-corrected chi connectivity index (χ0v) is 17.1. The predicted octanol–water partition coefficient (Wildman–Crippen LogP) is 2.70. The molecule has 0 aliphatic carbocycles. The Balaban J connectivity index is 2.69. The van der Waals surface area contributed by atoms with E-state index in [1.807, 2.05) is 0 Å². The number of halogens is 2. The number of rotatable bonds is 8. The van der Waals surface area contributed by atoms with Crippen molar-refractivity contribution in [2.45, 2.75) is 12.8 Å². The lowest BCUT2D eigenvalue weighted by atomic mass is 9.94. The fraction of sp³-hybridized carbons (Fsp3) is 0.368. The standard InChI is InChI=1S/C19H20ClFN2O6/c1-5-28-19(26)16(24)10(9-23(2)3)17-14(18(25)27-4)15(22-29-17)13-11(20)7-6-8-12(13)21/h6-8,10H,5,9H2,1-4H3. The number of hydrogen-bond acceptors (Lipinski definition) is 8. The second-order valence-electron chi connectivity index (χ2n) is 6.26. The van der Waals surface area contributed by atoms with Crippen molar-refractivity contribution in [2.24, 2.45) is 0 Å². The molecule has 1 unspecified atom stereocenters. The SMILES string of the molecule is CCOC(=O)C(=O)C(CN(C)C)c1onc(-c2c(F)cccc2Cl)c1C(=O)OC. The van der Waals surface area contributed by atoms with Gasteiger partial charge in [0.25, 0.3) is 5.78 Å². The largest absolute Gasteiger partial charge is 0.465 e. The minimum Gasteiger partial charge on any atom is -0.465 e. The summed E-state index contributed by atoms with van der Waals surface area (Å²) in [7, 11) is 4.43.